The molecule has 0 bridgehead atoms. The molecule has 0 aliphatic rings. The van der Waals surface area contributed by atoms with Crippen LogP contribution in [-0.4, -0.2) is 27.5 Å². The van der Waals surface area contributed by atoms with Crippen LogP contribution < -0.4 is 16.2 Å². The van der Waals surface area contributed by atoms with Crippen LogP contribution in [0.2, 0.25) is 0 Å². The number of aromatic amines is 1. The molecule has 2 aromatic rings. The highest BCUT2D eigenvalue weighted by molar-refractivity contribution is 7.99. The van der Waals surface area contributed by atoms with Gasteiger partial charge >= 0.3 is 0 Å². The third-order valence-corrected chi connectivity index (χ3v) is 4.74. The van der Waals surface area contributed by atoms with Gasteiger partial charge in [-0.2, -0.15) is 0 Å². The van der Waals surface area contributed by atoms with E-state index in [1.165, 1.54) is 30.0 Å². The van der Waals surface area contributed by atoms with Gasteiger partial charge in [0, 0.05) is 12.7 Å². The van der Waals surface area contributed by atoms with Crippen LogP contribution in [-0.2, 0) is 4.79 Å². The van der Waals surface area contributed by atoms with Crippen LogP contribution in [0.3, 0.4) is 0 Å². The standard InChI is InChI=1S/C15H18N4O3S2/c1-3-4-7-24-15-18-12(16-9(2)20)11(14(22)19-15)17-13(21)10-6-5-8-23-10/h5-6,8H,3-4,7H2,1-2H3,(H,17,21)(H2,16,18,19,20,22). The first-order chi connectivity index (χ1) is 11.5. The first-order valence-electron chi connectivity index (χ1n) is 7.40. The smallest absolute Gasteiger partial charge is 0.277 e. The van der Waals surface area contributed by atoms with E-state index in [2.05, 4.69) is 27.5 Å². The van der Waals surface area contributed by atoms with Gasteiger partial charge < -0.3 is 10.6 Å². The summed E-state index contributed by atoms with van der Waals surface area (Å²) in [6.45, 7) is 3.39. The Labute approximate surface area is 147 Å². The number of aromatic nitrogens is 2. The van der Waals surface area contributed by atoms with Gasteiger partial charge in [0.05, 0.1) is 4.88 Å². The molecule has 2 aromatic heterocycles. The fourth-order valence-electron chi connectivity index (χ4n) is 1.79. The molecule has 0 atom stereocenters. The highest BCUT2D eigenvalue weighted by Gasteiger charge is 2.17. The van der Waals surface area contributed by atoms with E-state index in [4.69, 9.17) is 0 Å². The van der Waals surface area contributed by atoms with Crippen LogP contribution in [0.5, 0.6) is 0 Å². The van der Waals surface area contributed by atoms with Crippen LogP contribution in [0, 0.1) is 0 Å². The zero-order valence-corrected chi connectivity index (χ0v) is 15.0. The second kappa shape index (κ2) is 8.65. The van der Waals surface area contributed by atoms with E-state index in [9.17, 15) is 14.4 Å². The fourth-order valence-corrected chi connectivity index (χ4v) is 3.36. The van der Waals surface area contributed by atoms with Gasteiger partial charge in [0.1, 0.15) is 0 Å². The van der Waals surface area contributed by atoms with Crippen molar-refractivity contribution in [3.8, 4) is 0 Å². The van der Waals surface area contributed by atoms with Crippen molar-refractivity contribution in [2.45, 2.75) is 31.8 Å². The Bertz CT molecular complexity index is 772. The summed E-state index contributed by atoms with van der Waals surface area (Å²) in [7, 11) is 0. The highest BCUT2D eigenvalue weighted by Crippen LogP contribution is 2.21. The molecule has 24 heavy (non-hydrogen) atoms. The Morgan fingerprint density at radius 3 is 2.79 bits per heavy atom. The molecule has 0 unspecified atom stereocenters. The molecule has 0 fully saturated rings. The topological polar surface area (TPSA) is 104 Å². The predicted octanol–water partition coefficient (Wildman–Crippen LogP) is 2.93. The van der Waals surface area contributed by atoms with Gasteiger partial charge in [0.15, 0.2) is 16.7 Å². The Balaban J connectivity index is 2.29. The number of thioether (sulfide) groups is 1. The van der Waals surface area contributed by atoms with E-state index in [-0.39, 0.29) is 17.4 Å². The van der Waals surface area contributed by atoms with Crippen LogP contribution >= 0.6 is 23.1 Å². The number of hydrogen-bond donors (Lipinski definition) is 3. The molecule has 3 N–H and O–H groups in total. The van der Waals surface area contributed by atoms with Crippen LogP contribution in [0.1, 0.15) is 36.4 Å². The van der Waals surface area contributed by atoms with Crippen molar-refractivity contribution >= 4 is 46.4 Å². The molecule has 9 heteroatoms. The molecule has 0 aromatic carbocycles. The number of nitrogens with one attached hydrogen (secondary N) is 3. The minimum Gasteiger partial charge on any atom is -0.314 e. The lowest BCUT2D eigenvalue weighted by atomic mass is 10.4. The third-order valence-electron chi connectivity index (χ3n) is 2.91. The molecule has 0 radical (unpaired) electrons. The van der Waals surface area contributed by atoms with Crippen molar-refractivity contribution in [3.05, 3.63) is 32.7 Å². The van der Waals surface area contributed by atoms with Gasteiger partial charge in [-0.1, -0.05) is 31.2 Å². The lowest BCUT2D eigenvalue weighted by molar-refractivity contribution is -0.114. The molecule has 7 nitrogen and oxygen atoms in total. The number of anilines is 2. The number of thiophene rings is 1. The SMILES string of the molecule is CCCCSc1nc(NC(C)=O)c(NC(=O)c2cccs2)c(=O)[nH]1. The maximum atomic E-state index is 12.3. The van der Waals surface area contributed by atoms with Gasteiger partial charge in [-0.25, -0.2) is 4.98 Å². The largest absolute Gasteiger partial charge is 0.314 e. The number of hydrogen-bond acceptors (Lipinski definition) is 6. The number of amides is 2. The van der Waals surface area contributed by atoms with Gasteiger partial charge in [0.25, 0.3) is 11.5 Å². The summed E-state index contributed by atoms with van der Waals surface area (Å²) in [5.41, 5.74) is -0.568. The zero-order chi connectivity index (χ0) is 17.5. The molecule has 0 aliphatic carbocycles. The van der Waals surface area contributed by atoms with E-state index in [0.717, 1.165) is 18.6 Å². The molecule has 2 heterocycles. The Morgan fingerprint density at radius 2 is 2.17 bits per heavy atom. The number of rotatable bonds is 7. The van der Waals surface area contributed by atoms with Gasteiger partial charge in [0.2, 0.25) is 5.91 Å². The summed E-state index contributed by atoms with van der Waals surface area (Å²) in [5, 5.41) is 7.20. The van der Waals surface area contributed by atoms with Crippen molar-refractivity contribution in [2.24, 2.45) is 0 Å². The molecule has 0 saturated carbocycles. The number of H-pyrrole nitrogens is 1. The number of carbonyl (C=O) groups is 2. The number of unbranched alkanes of at least 4 members (excludes halogenated alkanes) is 1. The first-order valence-corrected chi connectivity index (χ1v) is 9.27. The second-order valence-corrected chi connectivity index (χ2v) is 6.94. The summed E-state index contributed by atoms with van der Waals surface area (Å²) >= 11 is 2.65. The molecule has 2 rings (SSSR count). The van der Waals surface area contributed by atoms with Crippen LogP contribution in [0.25, 0.3) is 0 Å². The monoisotopic (exact) mass is 366 g/mol. The summed E-state index contributed by atoms with van der Waals surface area (Å²) in [6.07, 6.45) is 2.02. The molecular formula is C15H18N4O3S2. The number of nitrogens with zero attached hydrogens (tertiary/aromatic N) is 1. The van der Waals surface area contributed by atoms with Crippen molar-refractivity contribution in [2.75, 3.05) is 16.4 Å². The summed E-state index contributed by atoms with van der Waals surface area (Å²) < 4.78 is 0. The zero-order valence-electron chi connectivity index (χ0n) is 13.3. The lowest BCUT2D eigenvalue weighted by Gasteiger charge is -2.11. The van der Waals surface area contributed by atoms with Crippen molar-refractivity contribution < 1.29 is 9.59 Å². The first kappa shape index (κ1) is 18.2. The third kappa shape index (κ3) is 4.93. The van der Waals surface area contributed by atoms with E-state index in [1.807, 2.05) is 0 Å². The molecule has 2 amide bonds. The molecule has 0 spiro atoms. The molecular weight excluding hydrogens is 348 g/mol. The molecule has 0 aliphatic heterocycles. The van der Waals surface area contributed by atoms with E-state index >= 15 is 0 Å². The van der Waals surface area contributed by atoms with Crippen molar-refractivity contribution in [1.29, 1.82) is 0 Å². The van der Waals surface area contributed by atoms with E-state index in [0.29, 0.717) is 10.0 Å². The van der Waals surface area contributed by atoms with Crippen molar-refractivity contribution in [3.63, 3.8) is 0 Å². The quantitative estimate of drug-likeness (QED) is 0.397. The van der Waals surface area contributed by atoms with Gasteiger partial charge in [-0.3, -0.25) is 19.4 Å². The maximum absolute atomic E-state index is 12.3. The average Bonchev–Trinajstić information content (AvgIpc) is 3.05. The van der Waals surface area contributed by atoms with Gasteiger partial charge in [-0.15, -0.1) is 11.3 Å². The minimum absolute atomic E-state index is 0.0511. The minimum atomic E-state index is -0.502. The predicted molar refractivity (Wildman–Crippen MR) is 97.1 cm³/mol. The molecule has 128 valence electrons. The van der Waals surface area contributed by atoms with Crippen LogP contribution in [0.4, 0.5) is 11.5 Å². The summed E-state index contributed by atoms with van der Waals surface area (Å²) in [6, 6.07) is 3.39. The second-order valence-electron chi connectivity index (χ2n) is 4.91. The Morgan fingerprint density at radius 1 is 1.38 bits per heavy atom. The average molecular weight is 366 g/mol. The maximum Gasteiger partial charge on any atom is 0.277 e. The fraction of sp³-hybridized carbons (Fsp3) is 0.333. The molecule has 0 saturated heterocycles. The number of carbonyl (C=O) groups excluding carboxylic acids is 2. The summed E-state index contributed by atoms with van der Waals surface area (Å²) in [4.78, 5) is 43.2. The Kier molecular flexibility index (Phi) is 6.56. The van der Waals surface area contributed by atoms with Crippen molar-refractivity contribution in [1.82, 2.24) is 9.97 Å². The lowest BCUT2D eigenvalue weighted by Crippen LogP contribution is -2.24. The van der Waals surface area contributed by atoms with E-state index in [1.54, 1.807) is 17.5 Å². The Hall–Kier alpha value is -2.13. The van der Waals surface area contributed by atoms with Gasteiger partial charge in [-0.05, 0) is 17.9 Å². The van der Waals surface area contributed by atoms with Crippen LogP contribution in [0.15, 0.2) is 27.5 Å². The summed E-state index contributed by atoms with van der Waals surface area (Å²) in [5.74, 6) is 0.0644. The highest BCUT2D eigenvalue weighted by atomic mass is 32.2. The van der Waals surface area contributed by atoms with E-state index < -0.39 is 11.5 Å². The normalized spacial score (nSPS) is 10.4.